The number of nitrogens with one attached hydrogen (secondary N) is 1. The number of benzene rings is 2. The van der Waals surface area contributed by atoms with E-state index in [4.69, 9.17) is 0 Å². The normalized spacial score (nSPS) is 15.2. The lowest BCUT2D eigenvalue weighted by Crippen LogP contribution is -2.50. The summed E-state index contributed by atoms with van der Waals surface area (Å²) in [7, 11) is -4.00. The molecular weight excluding hydrogens is 442 g/mol. The van der Waals surface area contributed by atoms with E-state index in [1.807, 2.05) is 0 Å². The Kier molecular flexibility index (Phi) is 5.70. The monoisotopic (exact) mass is 462 g/mol. The Morgan fingerprint density at radius 3 is 2.19 bits per heavy atom. The third-order valence-electron chi connectivity index (χ3n) is 5.39. The molecule has 1 aliphatic rings. The number of aromatic amines is 1. The lowest BCUT2D eigenvalue weighted by molar-refractivity contribution is 0.0698. The molecule has 8 nitrogen and oxygen atoms in total. The highest BCUT2D eigenvalue weighted by Crippen LogP contribution is 2.21. The van der Waals surface area contributed by atoms with Gasteiger partial charge in [-0.2, -0.15) is 4.31 Å². The van der Waals surface area contributed by atoms with Crippen LogP contribution in [0.5, 0.6) is 0 Å². The zero-order valence-corrected chi connectivity index (χ0v) is 17.9. The van der Waals surface area contributed by atoms with Crippen LogP contribution in [-0.2, 0) is 10.0 Å². The maximum Gasteiger partial charge on any atom is 0.330 e. The Hall–Kier alpha value is -3.31. The van der Waals surface area contributed by atoms with Crippen LogP contribution in [0.3, 0.4) is 0 Å². The molecule has 1 amide bonds. The highest BCUT2D eigenvalue weighted by molar-refractivity contribution is 7.89. The van der Waals surface area contributed by atoms with Crippen LogP contribution in [0.15, 0.2) is 58.4 Å². The zero-order valence-electron chi connectivity index (χ0n) is 17.1. The largest absolute Gasteiger partial charge is 0.336 e. The fourth-order valence-corrected chi connectivity index (χ4v) is 5.06. The first-order chi connectivity index (χ1) is 15.2. The number of piperazine rings is 1. The Morgan fingerprint density at radius 2 is 1.62 bits per heavy atom. The van der Waals surface area contributed by atoms with Crippen LogP contribution in [-0.4, -0.2) is 59.3 Å². The van der Waals surface area contributed by atoms with Gasteiger partial charge in [-0.25, -0.2) is 22.0 Å². The number of halogens is 2. The van der Waals surface area contributed by atoms with E-state index in [0.717, 1.165) is 22.1 Å². The van der Waals surface area contributed by atoms with Crippen LogP contribution in [0.2, 0.25) is 0 Å². The summed E-state index contributed by atoms with van der Waals surface area (Å²) in [6, 6.07) is 9.00. The fourth-order valence-electron chi connectivity index (χ4n) is 3.63. The molecule has 3 aromatic rings. The van der Waals surface area contributed by atoms with Gasteiger partial charge in [0.05, 0.1) is 10.6 Å². The standard InChI is InChI=1S/C21H20F2N4O4S/c1-14-13-24-21(29)27(14)16-4-2-15(3-5-16)20(28)25-8-10-26(11-9-25)32(30,31)17-6-7-18(22)19(23)12-17/h2-7,12-13H,8-11H2,1H3,(H,24,29). The highest BCUT2D eigenvalue weighted by atomic mass is 32.2. The number of amides is 1. The molecule has 0 saturated carbocycles. The topological polar surface area (TPSA) is 95.5 Å². The van der Waals surface area contributed by atoms with Crippen LogP contribution in [0.4, 0.5) is 8.78 Å². The molecule has 1 fully saturated rings. The molecule has 32 heavy (non-hydrogen) atoms. The Morgan fingerprint density at radius 1 is 0.969 bits per heavy atom. The number of aromatic nitrogens is 2. The van der Waals surface area contributed by atoms with E-state index in [9.17, 15) is 26.8 Å². The van der Waals surface area contributed by atoms with Gasteiger partial charge in [0, 0.05) is 43.6 Å². The SMILES string of the molecule is Cc1c[nH]c(=O)n1-c1ccc(C(=O)N2CCN(S(=O)(=O)c3ccc(F)c(F)c3)CC2)cc1. The van der Waals surface area contributed by atoms with E-state index >= 15 is 0 Å². The lowest BCUT2D eigenvalue weighted by Gasteiger charge is -2.34. The third kappa shape index (κ3) is 3.96. The Bertz CT molecular complexity index is 1320. The van der Waals surface area contributed by atoms with Crippen LogP contribution in [0, 0.1) is 18.6 Å². The van der Waals surface area contributed by atoms with Gasteiger partial charge in [0.15, 0.2) is 11.6 Å². The number of carbonyl (C=O) groups excluding carboxylic acids is 1. The van der Waals surface area contributed by atoms with Crippen LogP contribution in [0.1, 0.15) is 16.1 Å². The van der Waals surface area contributed by atoms with Gasteiger partial charge < -0.3 is 9.88 Å². The van der Waals surface area contributed by atoms with Crippen molar-refractivity contribution < 1.29 is 22.0 Å². The molecule has 4 rings (SSSR count). The van der Waals surface area contributed by atoms with E-state index < -0.39 is 21.7 Å². The first-order valence-electron chi connectivity index (χ1n) is 9.80. The van der Waals surface area contributed by atoms with Gasteiger partial charge in [-0.05, 0) is 49.4 Å². The summed E-state index contributed by atoms with van der Waals surface area (Å²) >= 11 is 0. The van der Waals surface area contributed by atoms with Crippen molar-refractivity contribution in [1.29, 1.82) is 0 Å². The number of nitrogens with zero attached hydrogens (tertiary/aromatic N) is 3. The predicted molar refractivity (Wildman–Crippen MR) is 112 cm³/mol. The number of sulfonamides is 1. The number of H-pyrrole nitrogens is 1. The maximum atomic E-state index is 13.5. The highest BCUT2D eigenvalue weighted by Gasteiger charge is 2.31. The second-order valence-corrected chi connectivity index (χ2v) is 9.33. The van der Waals surface area contributed by atoms with Gasteiger partial charge in [-0.1, -0.05) is 0 Å². The van der Waals surface area contributed by atoms with Crippen LogP contribution < -0.4 is 5.69 Å². The minimum atomic E-state index is -4.00. The van der Waals surface area contributed by atoms with E-state index in [1.54, 1.807) is 37.4 Å². The van der Waals surface area contributed by atoms with Gasteiger partial charge in [0.25, 0.3) is 5.91 Å². The molecule has 0 atom stereocenters. The van der Waals surface area contributed by atoms with Crippen LogP contribution >= 0.6 is 0 Å². The number of hydrogen-bond donors (Lipinski definition) is 1. The van der Waals surface area contributed by atoms with Gasteiger partial charge in [-0.3, -0.25) is 9.36 Å². The molecule has 1 aromatic heterocycles. The first-order valence-corrected chi connectivity index (χ1v) is 11.2. The van der Waals surface area contributed by atoms with Crippen molar-refractivity contribution in [2.45, 2.75) is 11.8 Å². The van der Waals surface area contributed by atoms with E-state index in [1.165, 1.54) is 9.47 Å². The molecule has 1 N–H and O–H groups in total. The van der Waals surface area contributed by atoms with Crippen LogP contribution in [0.25, 0.3) is 5.69 Å². The number of carbonyl (C=O) groups is 1. The molecule has 0 radical (unpaired) electrons. The predicted octanol–water partition coefficient (Wildman–Crippen LogP) is 1.90. The number of rotatable bonds is 4. The minimum Gasteiger partial charge on any atom is -0.336 e. The third-order valence-corrected chi connectivity index (χ3v) is 7.28. The summed E-state index contributed by atoms with van der Waals surface area (Å²) in [5, 5.41) is 0. The van der Waals surface area contributed by atoms with E-state index in [0.29, 0.717) is 17.3 Å². The minimum absolute atomic E-state index is 0.0308. The number of aryl methyl sites for hydroxylation is 1. The van der Waals surface area contributed by atoms with Crippen molar-refractivity contribution >= 4 is 15.9 Å². The quantitative estimate of drug-likeness (QED) is 0.641. The molecule has 0 bridgehead atoms. The average Bonchev–Trinajstić information content (AvgIpc) is 3.13. The molecule has 0 spiro atoms. The second-order valence-electron chi connectivity index (χ2n) is 7.39. The van der Waals surface area contributed by atoms with Gasteiger partial charge in [0.1, 0.15) is 0 Å². The van der Waals surface area contributed by atoms with Crippen molar-refractivity contribution in [2.24, 2.45) is 0 Å². The average molecular weight is 462 g/mol. The molecule has 168 valence electrons. The summed E-state index contributed by atoms with van der Waals surface area (Å²) in [5.74, 6) is -2.62. The molecule has 1 aliphatic heterocycles. The van der Waals surface area contributed by atoms with E-state index in [-0.39, 0.29) is 42.7 Å². The fraction of sp³-hybridized carbons (Fsp3) is 0.238. The summed E-state index contributed by atoms with van der Waals surface area (Å²) in [6.45, 7) is 2.15. The molecule has 11 heteroatoms. The number of imidazole rings is 1. The lowest BCUT2D eigenvalue weighted by atomic mass is 10.1. The molecule has 0 unspecified atom stereocenters. The second kappa shape index (κ2) is 8.32. The molecular formula is C21H20F2N4O4S. The Labute approximate surface area is 182 Å². The van der Waals surface area contributed by atoms with Gasteiger partial charge in [-0.15, -0.1) is 0 Å². The maximum absolute atomic E-state index is 13.5. The van der Waals surface area contributed by atoms with Crippen molar-refractivity contribution in [3.8, 4) is 5.69 Å². The number of hydrogen-bond acceptors (Lipinski definition) is 4. The molecule has 2 aromatic carbocycles. The zero-order chi connectivity index (χ0) is 23.0. The van der Waals surface area contributed by atoms with Crippen molar-refractivity contribution in [2.75, 3.05) is 26.2 Å². The molecule has 0 aliphatic carbocycles. The van der Waals surface area contributed by atoms with Crippen molar-refractivity contribution in [1.82, 2.24) is 18.8 Å². The summed E-state index contributed by atoms with van der Waals surface area (Å²) in [6.07, 6.45) is 1.59. The molecule has 2 heterocycles. The van der Waals surface area contributed by atoms with Gasteiger partial charge in [0.2, 0.25) is 10.0 Å². The first kappa shape index (κ1) is 21.9. The van der Waals surface area contributed by atoms with Crippen molar-refractivity contribution in [3.63, 3.8) is 0 Å². The van der Waals surface area contributed by atoms with Gasteiger partial charge >= 0.3 is 5.69 Å². The summed E-state index contributed by atoms with van der Waals surface area (Å²) < 4.78 is 54.6. The summed E-state index contributed by atoms with van der Waals surface area (Å²) in [4.78, 5) is 28.5. The Balaban J connectivity index is 1.44. The smallest absolute Gasteiger partial charge is 0.330 e. The molecule has 1 saturated heterocycles. The van der Waals surface area contributed by atoms with E-state index in [2.05, 4.69) is 4.98 Å². The van der Waals surface area contributed by atoms with Crippen molar-refractivity contribution in [3.05, 3.63) is 82.0 Å². The summed E-state index contributed by atoms with van der Waals surface area (Å²) in [5.41, 5.74) is 1.48.